The summed E-state index contributed by atoms with van der Waals surface area (Å²) >= 11 is 0. The Hall–Kier alpha value is -5.75. The molecule has 3 aromatic carbocycles. The number of halogens is 1. The fourth-order valence-corrected chi connectivity index (χ4v) is 7.18. The van der Waals surface area contributed by atoms with Crippen LogP contribution in [0.1, 0.15) is 55.3 Å². The number of nitrogens with zero attached hydrogens (tertiary/aromatic N) is 5. The first-order valence-corrected chi connectivity index (χ1v) is 18.1. The van der Waals surface area contributed by atoms with E-state index in [0.717, 1.165) is 28.8 Å². The van der Waals surface area contributed by atoms with Crippen molar-refractivity contribution in [2.24, 2.45) is 0 Å². The summed E-state index contributed by atoms with van der Waals surface area (Å²) in [5.41, 5.74) is 5.37. The summed E-state index contributed by atoms with van der Waals surface area (Å²) in [6.45, 7) is 3.32. The molecule has 0 radical (unpaired) electrons. The molecule has 280 valence electrons. The number of likely N-dealkylation sites (N-methyl/N-ethyl adjacent to an activating group) is 1. The second-order valence-corrected chi connectivity index (χ2v) is 13.5. The maximum absolute atomic E-state index is 13.7. The Kier molecular flexibility index (Phi) is 11.6. The number of fused-ring (bicyclic) bond motifs is 1. The molecule has 7 rings (SSSR count). The van der Waals surface area contributed by atoms with Gasteiger partial charge in [-0.1, -0.05) is 30.3 Å². The zero-order valence-corrected chi connectivity index (χ0v) is 31.2. The van der Waals surface area contributed by atoms with Crippen LogP contribution in [0.4, 0.5) is 22.7 Å². The zero-order valence-electron chi connectivity index (χ0n) is 30.4. The smallest absolute Gasteiger partial charge is 0.246 e. The van der Waals surface area contributed by atoms with Gasteiger partial charge in [-0.05, 0) is 74.2 Å². The van der Waals surface area contributed by atoms with Crippen LogP contribution in [0, 0.1) is 6.92 Å². The molecule has 13 heteroatoms. The molecule has 4 aromatic rings. The second-order valence-electron chi connectivity index (χ2n) is 13.5. The number of pyridine rings is 1. The molecule has 0 aliphatic carbocycles. The number of hydrogen-bond acceptors (Lipinski definition) is 7. The molecule has 54 heavy (non-hydrogen) atoms. The topological polar surface area (TPSA) is 132 Å². The minimum Gasteiger partial charge on any atom is -0.486 e. The highest BCUT2D eigenvalue weighted by atomic mass is 35.5. The second kappa shape index (κ2) is 16.5. The van der Waals surface area contributed by atoms with Crippen LogP contribution in [0.15, 0.2) is 72.8 Å². The number of rotatable bonds is 11. The minimum atomic E-state index is -0.448. The number of carbonyl (C=O) groups excluding carboxylic acids is 5. The first-order chi connectivity index (χ1) is 25.7. The van der Waals surface area contributed by atoms with Crippen LogP contribution in [0.3, 0.4) is 0 Å². The van der Waals surface area contributed by atoms with Gasteiger partial charge in [-0.15, -0.1) is 12.4 Å². The number of nitrogens with one attached hydrogen (secondary N) is 1. The molecule has 3 aliphatic rings. The molecular weight excluding hydrogens is 708 g/mol. The molecule has 3 fully saturated rings. The normalized spacial score (nSPS) is 15.7. The largest absolute Gasteiger partial charge is 0.486 e. The highest BCUT2D eigenvalue weighted by molar-refractivity contribution is 6.07. The van der Waals surface area contributed by atoms with Gasteiger partial charge in [-0.25, -0.2) is 4.98 Å². The van der Waals surface area contributed by atoms with Crippen LogP contribution in [-0.2, 0) is 30.6 Å². The van der Waals surface area contributed by atoms with E-state index >= 15 is 0 Å². The van der Waals surface area contributed by atoms with Crippen molar-refractivity contribution >= 4 is 81.7 Å². The highest BCUT2D eigenvalue weighted by Gasteiger charge is 2.33. The molecule has 1 N–H and O–H groups in total. The van der Waals surface area contributed by atoms with Gasteiger partial charge < -0.3 is 29.7 Å². The summed E-state index contributed by atoms with van der Waals surface area (Å²) in [5, 5.41) is 3.59. The first kappa shape index (κ1) is 38.0. The molecule has 0 atom stereocenters. The Bertz CT molecular complexity index is 2140. The van der Waals surface area contributed by atoms with Crippen LogP contribution < -0.4 is 29.7 Å². The summed E-state index contributed by atoms with van der Waals surface area (Å²) in [5.74, 6) is -0.275. The molecule has 12 nitrogen and oxygen atoms in total. The maximum atomic E-state index is 13.7. The Labute approximate surface area is 320 Å². The van der Waals surface area contributed by atoms with E-state index in [1.165, 1.54) is 11.0 Å². The number of amides is 5. The van der Waals surface area contributed by atoms with Crippen molar-refractivity contribution in [2.45, 2.75) is 52.1 Å². The molecule has 5 amide bonds. The van der Waals surface area contributed by atoms with E-state index in [4.69, 9.17) is 9.72 Å². The van der Waals surface area contributed by atoms with Crippen molar-refractivity contribution in [1.29, 1.82) is 0 Å². The quantitative estimate of drug-likeness (QED) is 0.194. The zero-order chi connectivity index (χ0) is 37.1. The van der Waals surface area contributed by atoms with Crippen LogP contribution in [0.2, 0.25) is 0 Å². The van der Waals surface area contributed by atoms with Gasteiger partial charge in [-0.3, -0.25) is 24.0 Å². The van der Waals surface area contributed by atoms with Gasteiger partial charge >= 0.3 is 0 Å². The Balaban J connectivity index is 0.00000497. The third kappa shape index (κ3) is 7.93. The summed E-state index contributed by atoms with van der Waals surface area (Å²) in [4.78, 5) is 76.3. The highest BCUT2D eigenvalue weighted by Crippen LogP contribution is 2.42. The molecule has 0 bridgehead atoms. The Morgan fingerprint density at radius 1 is 0.833 bits per heavy atom. The lowest BCUT2D eigenvalue weighted by molar-refractivity contribution is -0.122. The Morgan fingerprint density at radius 3 is 2.17 bits per heavy atom. The molecule has 3 saturated heterocycles. The predicted octanol–water partition coefficient (Wildman–Crippen LogP) is 5.72. The SMILES string of the molecule is Cc1ccc2cccc(OCc3c(N4CCCC4=O)ccc(N(C)C(=O)CNC(=O)/C=C/c4ccc(N5CCCC5=O)cc4)c3N3CCCC3=O)c2n1.Cl. The van der Waals surface area contributed by atoms with Crippen molar-refractivity contribution in [3.63, 3.8) is 0 Å². The number of benzene rings is 3. The number of para-hydroxylation sites is 1. The molecule has 0 spiro atoms. The maximum Gasteiger partial charge on any atom is 0.246 e. The van der Waals surface area contributed by atoms with Gasteiger partial charge in [0.05, 0.1) is 23.6 Å². The van der Waals surface area contributed by atoms with E-state index in [0.29, 0.717) is 85.6 Å². The molecule has 1 aromatic heterocycles. The average Bonchev–Trinajstić information content (AvgIpc) is 3.92. The van der Waals surface area contributed by atoms with Gasteiger partial charge in [0.15, 0.2) is 0 Å². The lowest BCUT2D eigenvalue weighted by Crippen LogP contribution is -2.39. The van der Waals surface area contributed by atoms with Crippen LogP contribution >= 0.6 is 12.4 Å². The van der Waals surface area contributed by atoms with Gasteiger partial charge in [0.1, 0.15) is 17.9 Å². The number of hydrogen-bond donors (Lipinski definition) is 1. The minimum absolute atomic E-state index is 0. The number of aromatic nitrogens is 1. The third-order valence-electron chi connectivity index (χ3n) is 9.99. The number of aryl methyl sites for hydroxylation is 1. The van der Waals surface area contributed by atoms with Crippen molar-refractivity contribution in [2.75, 3.05) is 52.8 Å². The molecule has 0 saturated carbocycles. The fourth-order valence-electron chi connectivity index (χ4n) is 7.18. The lowest BCUT2D eigenvalue weighted by Gasteiger charge is -2.31. The Morgan fingerprint density at radius 2 is 1.50 bits per heavy atom. The van der Waals surface area contributed by atoms with Gasteiger partial charge in [0.2, 0.25) is 29.5 Å². The lowest BCUT2D eigenvalue weighted by atomic mass is 10.1. The van der Waals surface area contributed by atoms with E-state index in [1.54, 1.807) is 33.9 Å². The van der Waals surface area contributed by atoms with Gasteiger partial charge in [0.25, 0.3) is 0 Å². The standard InChI is InChI=1S/C41H42N6O6.ClH/c1-27-12-16-29-7-3-8-34(40(29)43-27)53-26-31-32(46-23-5-10-37(46)50)19-20-33(41(31)47-24-6-11-38(47)51)44(2)39(52)25-42-35(48)21-15-28-13-17-30(18-14-28)45-22-4-9-36(45)49;/h3,7-8,12-21H,4-6,9-11,22-26H2,1-2H3,(H,42,48);1H/b21-15+;. The van der Waals surface area contributed by atoms with Crippen molar-refractivity contribution in [3.05, 3.63) is 89.6 Å². The predicted molar refractivity (Wildman–Crippen MR) is 211 cm³/mol. The monoisotopic (exact) mass is 750 g/mol. The molecule has 0 unspecified atom stereocenters. The molecule has 3 aliphatic heterocycles. The van der Waals surface area contributed by atoms with E-state index in [9.17, 15) is 24.0 Å². The van der Waals surface area contributed by atoms with Crippen molar-refractivity contribution in [1.82, 2.24) is 10.3 Å². The number of ether oxygens (including phenoxy) is 1. The van der Waals surface area contributed by atoms with E-state index in [2.05, 4.69) is 5.32 Å². The van der Waals surface area contributed by atoms with Crippen LogP contribution in [-0.4, -0.2) is 67.7 Å². The summed E-state index contributed by atoms with van der Waals surface area (Å²) in [6, 6.07) is 20.6. The number of carbonyl (C=O) groups is 5. The van der Waals surface area contributed by atoms with E-state index in [-0.39, 0.29) is 43.3 Å². The molecular formula is C41H43ClN6O6. The summed E-state index contributed by atoms with van der Waals surface area (Å²) in [6.07, 6.45) is 6.54. The first-order valence-electron chi connectivity index (χ1n) is 18.1. The van der Waals surface area contributed by atoms with Crippen molar-refractivity contribution < 1.29 is 28.7 Å². The van der Waals surface area contributed by atoms with E-state index < -0.39 is 11.8 Å². The third-order valence-corrected chi connectivity index (χ3v) is 9.99. The van der Waals surface area contributed by atoms with E-state index in [1.807, 2.05) is 67.6 Å². The number of anilines is 4. The summed E-state index contributed by atoms with van der Waals surface area (Å²) < 4.78 is 6.48. The summed E-state index contributed by atoms with van der Waals surface area (Å²) in [7, 11) is 1.61. The van der Waals surface area contributed by atoms with Crippen LogP contribution in [0.5, 0.6) is 5.75 Å². The molecule has 4 heterocycles. The van der Waals surface area contributed by atoms with Gasteiger partial charge in [-0.2, -0.15) is 0 Å². The van der Waals surface area contributed by atoms with Crippen LogP contribution in [0.25, 0.3) is 17.0 Å². The van der Waals surface area contributed by atoms with Crippen molar-refractivity contribution in [3.8, 4) is 5.75 Å². The fraction of sp³-hybridized carbons (Fsp3) is 0.317. The van der Waals surface area contributed by atoms with Gasteiger partial charge in [0, 0.05) is 74.4 Å². The average molecular weight is 751 g/mol.